The van der Waals surface area contributed by atoms with Gasteiger partial charge in [0.05, 0.1) is 17.6 Å². The van der Waals surface area contributed by atoms with E-state index in [4.69, 9.17) is 5.26 Å². The van der Waals surface area contributed by atoms with Crippen molar-refractivity contribution in [1.29, 1.82) is 5.26 Å². The van der Waals surface area contributed by atoms with Crippen molar-refractivity contribution in [2.45, 2.75) is 32.3 Å². The van der Waals surface area contributed by atoms with E-state index in [2.05, 4.69) is 6.07 Å². The van der Waals surface area contributed by atoms with Crippen molar-refractivity contribution in [3.05, 3.63) is 0 Å². The van der Waals surface area contributed by atoms with E-state index in [0.717, 1.165) is 19.3 Å². The summed E-state index contributed by atoms with van der Waals surface area (Å²) in [6.45, 7) is 1.99. The molecule has 2 aliphatic rings. The van der Waals surface area contributed by atoms with Gasteiger partial charge in [0, 0.05) is 5.92 Å². The molecule has 2 saturated carbocycles. The quantitative estimate of drug-likeness (QED) is 0.567. The molecule has 0 radical (unpaired) electrons. The molecular weight excluding hydrogens is 138 g/mol. The van der Waals surface area contributed by atoms with E-state index in [0.29, 0.717) is 5.92 Å². The minimum atomic E-state index is -0.220. The fourth-order valence-corrected chi connectivity index (χ4v) is 2.85. The minimum absolute atomic E-state index is 0.196. The topological polar surface area (TPSA) is 44.0 Å². The predicted octanol–water partition coefficient (Wildman–Crippen LogP) is 1.31. The first-order chi connectivity index (χ1) is 5.15. The van der Waals surface area contributed by atoms with Gasteiger partial charge in [-0.2, -0.15) is 5.26 Å². The molecule has 0 heterocycles. The van der Waals surface area contributed by atoms with Crippen LogP contribution < -0.4 is 0 Å². The summed E-state index contributed by atoms with van der Waals surface area (Å²) in [6, 6.07) is 2.34. The van der Waals surface area contributed by atoms with Crippen LogP contribution in [0.25, 0.3) is 0 Å². The number of aliphatic hydroxyl groups is 1. The molecule has 2 nitrogen and oxygen atoms in total. The summed E-state index contributed by atoms with van der Waals surface area (Å²) >= 11 is 0. The lowest BCUT2D eigenvalue weighted by molar-refractivity contribution is 0.0603. The molecule has 0 aliphatic heterocycles. The lowest BCUT2D eigenvalue weighted by Gasteiger charge is -2.30. The Balaban J connectivity index is 2.26. The summed E-state index contributed by atoms with van der Waals surface area (Å²) in [7, 11) is 0. The van der Waals surface area contributed by atoms with Crippen LogP contribution in [0, 0.1) is 28.6 Å². The van der Waals surface area contributed by atoms with Gasteiger partial charge in [0.2, 0.25) is 0 Å². The van der Waals surface area contributed by atoms with Gasteiger partial charge in [-0.15, -0.1) is 0 Å². The lowest BCUT2D eigenvalue weighted by Crippen LogP contribution is -2.31. The maximum atomic E-state index is 9.53. The molecule has 2 aliphatic carbocycles. The first kappa shape index (κ1) is 7.12. The Labute approximate surface area is 66.8 Å². The number of hydrogen-bond acceptors (Lipinski definition) is 2. The number of nitrogens with zero attached hydrogens (tertiary/aromatic N) is 1. The van der Waals surface area contributed by atoms with Gasteiger partial charge in [0.1, 0.15) is 0 Å². The minimum Gasteiger partial charge on any atom is -0.393 e. The molecule has 4 atom stereocenters. The Morgan fingerprint density at radius 3 is 2.64 bits per heavy atom. The molecular formula is C9H13NO. The molecule has 0 aromatic rings. The van der Waals surface area contributed by atoms with Gasteiger partial charge in [-0.25, -0.2) is 0 Å². The van der Waals surface area contributed by atoms with E-state index in [9.17, 15) is 5.11 Å². The maximum Gasteiger partial charge on any atom is 0.0690 e. The number of hydrogen-bond donors (Lipinski definition) is 1. The molecule has 2 rings (SSSR count). The van der Waals surface area contributed by atoms with Gasteiger partial charge in [0.15, 0.2) is 0 Å². The fraction of sp³-hybridized carbons (Fsp3) is 0.889. The zero-order chi connectivity index (χ0) is 8.06. The molecule has 0 spiro atoms. The molecule has 11 heavy (non-hydrogen) atoms. The van der Waals surface area contributed by atoms with E-state index >= 15 is 0 Å². The van der Waals surface area contributed by atoms with Crippen molar-refractivity contribution in [3.63, 3.8) is 0 Å². The molecule has 2 fully saturated rings. The molecule has 60 valence electrons. The van der Waals surface area contributed by atoms with Gasteiger partial charge in [-0.05, 0) is 32.1 Å². The third kappa shape index (κ3) is 0.810. The summed E-state index contributed by atoms with van der Waals surface area (Å²) < 4.78 is 0. The average molecular weight is 151 g/mol. The monoisotopic (exact) mass is 151 g/mol. The Morgan fingerprint density at radius 1 is 1.55 bits per heavy atom. The molecule has 2 bridgehead atoms. The van der Waals surface area contributed by atoms with Gasteiger partial charge >= 0.3 is 0 Å². The number of rotatable bonds is 0. The second kappa shape index (κ2) is 1.98. The second-order valence-electron chi connectivity index (χ2n) is 4.24. The second-order valence-corrected chi connectivity index (χ2v) is 4.24. The van der Waals surface area contributed by atoms with Crippen LogP contribution in [-0.4, -0.2) is 11.2 Å². The van der Waals surface area contributed by atoms with Crippen LogP contribution in [-0.2, 0) is 0 Å². The van der Waals surface area contributed by atoms with Crippen LogP contribution in [0.2, 0.25) is 0 Å². The zero-order valence-electron chi connectivity index (χ0n) is 6.75. The summed E-state index contributed by atoms with van der Waals surface area (Å²) in [5, 5.41) is 18.4. The summed E-state index contributed by atoms with van der Waals surface area (Å²) in [4.78, 5) is 0. The fourth-order valence-electron chi connectivity index (χ4n) is 2.85. The molecule has 0 aromatic carbocycles. The van der Waals surface area contributed by atoms with Crippen molar-refractivity contribution in [1.82, 2.24) is 0 Å². The van der Waals surface area contributed by atoms with Gasteiger partial charge in [0.25, 0.3) is 0 Å². The Hall–Kier alpha value is -0.550. The number of nitriles is 1. The lowest BCUT2D eigenvalue weighted by atomic mass is 9.75. The van der Waals surface area contributed by atoms with Crippen LogP contribution in [0.3, 0.4) is 0 Å². The van der Waals surface area contributed by atoms with Crippen LogP contribution in [0.5, 0.6) is 0 Å². The average Bonchev–Trinajstić information content (AvgIpc) is 2.44. The van der Waals surface area contributed by atoms with Crippen LogP contribution in [0.4, 0.5) is 0 Å². The highest BCUT2D eigenvalue weighted by molar-refractivity contribution is 5.11. The third-order valence-electron chi connectivity index (χ3n) is 3.41. The smallest absolute Gasteiger partial charge is 0.0690 e. The van der Waals surface area contributed by atoms with Crippen molar-refractivity contribution < 1.29 is 5.11 Å². The van der Waals surface area contributed by atoms with Gasteiger partial charge < -0.3 is 5.11 Å². The standard InChI is InChI=1S/C9H13NO/c1-9(5-10)4-6-2-7(9)8(11)3-6/h6-8,11H,2-4H2,1H3. The Bertz CT molecular complexity index is 220. The van der Waals surface area contributed by atoms with Crippen molar-refractivity contribution in [2.24, 2.45) is 17.3 Å². The summed E-state index contributed by atoms with van der Waals surface area (Å²) in [5.74, 6) is 0.886. The predicted molar refractivity (Wildman–Crippen MR) is 40.6 cm³/mol. The van der Waals surface area contributed by atoms with E-state index in [1.807, 2.05) is 6.92 Å². The molecule has 1 N–H and O–H groups in total. The molecule has 0 aromatic heterocycles. The normalized spacial score (nSPS) is 54.5. The number of aliphatic hydroxyl groups excluding tert-OH is 1. The zero-order valence-corrected chi connectivity index (χ0v) is 6.75. The van der Waals surface area contributed by atoms with Crippen LogP contribution in [0.15, 0.2) is 0 Å². The van der Waals surface area contributed by atoms with E-state index in [1.165, 1.54) is 0 Å². The Morgan fingerprint density at radius 2 is 2.27 bits per heavy atom. The largest absolute Gasteiger partial charge is 0.393 e. The van der Waals surface area contributed by atoms with E-state index in [1.54, 1.807) is 0 Å². The van der Waals surface area contributed by atoms with Crippen molar-refractivity contribution in [3.8, 4) is 6.07 Å². The summed E-state index contributed by atoms with van der Waals surface area (Å²) in [5.41, 5.74) is -0.220. The molecule has 0 saturated heterocycles. The first-order valence-corrected chi connectivity index (χ1v) is 4.25. The third-order valence-corrected chi connectivity index (χ3v) is 3.41. The first-order valence-electron chi connectivity index (χ1n) is 4.25. The highest BCUT2D eigenvalue weighted by Crippen LogP contribution is 2.55. The van der Waals surface area contributed by atoms with Gasteiger partial charge in [-0.1, -0.05) is 0 Å². The molecule has 2 heteroatoms. The van der Waals surface area contributed by atoms with Crippen LogP contribution in [0.1, 0.15) is 26.2 Å². The highest BCUT2D eigenvalue weighted by Gasteiger charge is 2.52. The Kier molecular flexibility index (Phi) is 1.28. The van der Waals surface area contributed by atoms with Crippen molar-refractivity contribution in [2.75, 3.05) is 0 Å². The van der Waals surface area contributed by atoms with E-state index < -0.39 is 0 Å². The van der Waals surface area contributed by atoms with Crippen molar-refractivity contribution >= 4 is 0 Å². The maximum absolute atomic E-state index is 9.53. The number of fused-ring (bicyclic) bond motifs is 2. The summed E-state index contributed by atoms with van der Waals surface area (Å²) in [6.07, 6.45) is 2.82. The SMILES string of the molecule is CC1(C#N)CC2CC(O)C1C2. The molecule has 4 unspecified atom stereocenters. The van der Waals surface area contributed by atoms with E-state index in [-0.39, 0.29) is 17.4 Å². The molecule has 0 amide bonds. The highest BCUT2D eigenvalue weighted by atomic mass is 16.3. The van der Waals surface area contributed by atoms with Crippen LogP contribution >= 0.6 is 0 Å². The van der Waals surface area contributed by atoms with Gasteiger partial charge in [-0.3, -0.25) is 0 Å².